The zero-order chi connectivity index (χ0) is 21.4. The van der Waals surface area contributed by atoms with E-state index in [9.17, 15) is 14.9 Å². The molecule has 3 heterocycles. The fourth-order valence-electron chi connectivity index (χ4n) is 3.24. The maximum atomic E-state index is 12.8. The lowest BCUT2D eigenvalue weighted by atomic mass is 10.2. The standard InChI is InChI=1S/C21H17N5O3S/c1-12-17-19(23-11-25(3)20(17)27)30-18(12)21(28)29-10-16-15(9-22)13(2)24-26(16)14-7-5-4-6-8-14/h4-8,11H,10H2,1-3H3. The summed E-state index contributed by atoms with van der Waals surface area (Å²) in [6.07, 6.45) is 1.43. The molecule has 0 aliphatic carbocycles. The van der Waals surface area contributed by atoms with Crippen molar-refractivity contribution in [2.45, 2.75) is 20.5 Å². The molecule has 0 unspecified atom stereocenters. The molecular weight excluding hydrogens is 402 g/mol. The van der Waals surface area contributed by atoms with Crippen molar-refractivity contribution in [3.63, 3.8) is 0 Å². The van der Waals surface area contributed by atoms with Gasteiger partial charge >= 0.3 is 5.97 Å². The van der Waals surface area contributed by atoms with Gasteiger partial charge in [0.2, 0.25) is 0 Å². The molecule has 150 valence electrons. The number of nitrogens with zero attached hydrogens (tertiary/aromatic N) is 5. The summed E-state index contributed by atoms with van der Waals surface area (Å²) in [4.78, 5) is 30.2. The van der Waals surface area contributed by atoms with Gasteiger partial charge in [0.1, 0.15) is 27.9 Å². The number of hydrogen-bond acceptors (Lipinski definition) is 7. The van der Waals surface area contributed by atoms with E-state index in [1.165, 1.54) is 10.9 Å². The third-order valence-electron chi connectivity index (χ3n) is 4.80. The summed E-state index contributed by atoms with van der Waals surface area (Å²) < 4.78 is 8.52. The minimum absolute atomic E-state index is 0.128. The van der Waals surface area contributed by atoms with Crippen molar-refractivity contribution in [3.8, 4) is 11.8 Å². The number of thiophene rings is 1. The van der Waals surface area contributed by atoms with Gasteiger partial charge in [0.15, 0.2) is 0 Å². The quantitative estimate of drug-likeness (QED) is 0.471. The molecule has 0 radical (unpaired) electrons. The molecule has 4 aromatic rings. The summed E-state index contributed by atoms with van der Waals surface area (Å²) >= 11 is 1.12. The maximum absolute atomic E-state index is 12.8. The average molecular weight is 419 g/mol. The summed E-state index contributed by atoms with van der Waals surface area (Å²) in [7, 11) is 1.61. The molecule has 30 heavy (non-hydrogen) atoms. The summed E-state index contributed by atoms with van der Waals surface area (Å²) in [5.74, 6) is -0.570. The lowest BCUT2D eigenvalue weighted by molar-refractivity contribution is 0.0470. The normalized spacial score (nSPS) is 10.9. The van der Waals surface area contributed by atoms with Crippen LogP contribution < -0.4 is 5.56 Å². The molecule has 8 nitrogen and oxygen atoms in total. The molecule has 0 saturated heterocycles. The van der Waals surface area contributed by atoms with Gasteiger partial charge in [-0.1, -0.05) is 18.2 Å². The monoisotopic (exact) mass is 419 g/mol. The van der Waals surface area contributed by atoms with Gasteiger partial charge in [0, 0.05) is 7.05 Å². The van der Waals surface area contributed by atoms with Crippen LogP contribution in [0.2, 0.25) is 0 Å². The molecule has 0 aliphatic rings. The molecule has 0 bridgehead atoms. The molecule has 0 atom stereocenters. The Morgan fingerprint density at radius 1 is 1.27 bits per heavy atom. The Hall–Kier alpha value is -3.77. The highest BCUT2D eigenvalue weighted by Crippen LogP contribution is 2.28. The Labute approximate surface area is 175 Å². The first-order chi connectivity index (χ1) is 14.4. The Bertz CT molecular complexity index is 1380. The SMILES string of the molecule is Cc1nn(-c2ccccc2)c(COC(=O)c2sc3ncn(C)c(=O)c3c2C)c1C#N. The van der Waals surface area contributed by atoms with Gasteiger partial charge < -0.3 is 9.30 Å². The van der Waals surface area contributed by atoms with Crippen LogP contribution in [-0.2, 0) is 18.4 Å². The van der Waals surface area contributed by atoms with Crippen molar-refractivity contribution in [2.75, 3.05) is 0 Å². The van der Waals surface area contributed by atoms with E-state index in [4.69, 9.17) is 4.74 Å². The number of nitriles is 1. The fourth-order valence-corrected chi connectivity index (χ4v) is 4.27. The van der Waals surface area contributed by atoms with E-state index < -0.39 is 5.97 Å². The van der Waals surface area contributed by atoms with Crippen LogP contribution in [0.5, 0.6) is 0 Å². The van der Waals surface area contributed by atoms with Crippen LogP contribution in [0, 0.1) is 25.2 Å². The minimum Gasteiger partial charge on any atom is -0.455 e. The number of fused-ring (bicyclic) bond motifs is 1. The van der Waals surface area contributed by atoms with Crippen molar-refractivity contribution < 1.29 is 9.53 Å². The first-order valence-corrected chi connectivity index (χ1v) is 9.90. The van der Waals surface area contributed by atoms with Gasteiger partial charge in [-0.3, -0.25) is 4.79 Å². The van der Waals surface area contributed by atoms with E-state index in [0.717, 1.165) is 17.0 Å². The molecule has 0 spiro atoms. The van der Waals surface area contributed by atoms with Gasteiger partial charge in [0.05, 0.1) is 28.8 Å². The van der Waals surface area contributed by atoms with Gasteiger partial charge in [-0.2, -0.15) is 10.4 Å². The number of ether oxygens (including phenoxy) is 1. The highest BCUT2D eigenvalue weighted by atomic mass is 32.1. The number of hydrogen-bond donors (Lipinski definition) is 0. The van der Waals surface area contributed by atoms with Gasteiger partial charge in [-0.25, -0.2) is 14.5 Å². The second-order valence-electron chi connectivity index (χ2n) is 6.74. The van der Waals surface area contributed by atoms with Crippen LogP contribution in [0.15, 0.2) is 41.5 Å². The zero-order valence-electron chi connectivity index (χ0n) is 16.5. The molecule has 0 amide bonds. The summed E-state index contributed by atoms with van der Waals surface area (Å²) in [6, 6.07) is 11.5. The number of benzene rings is 1. The molecule has 1 aromatic carbocycles. The predicted molar refractivity (Wildman–Crippen MR) is 112 cm³/mol. The van der Waals surface area contributed by atoms with Gasteiger partial charge in [-0.15, -0.1) is 11.3 Å². The van der Waals surface area contributed by atoms with Crippen LogP contribution in [-0.4, -0.2) is 25.3 Å². The average Bonchev–Trinajstić information content (AvgIpc) is 3.26. The Morgan fingerprint density at radius 2 is 2.00 bits per heavy atom. The summed E-state index contributed by atoms with van der Waals surface area (Å²) in [5, 5.41) is 14.4. The largest absolute Gasteiger partial charge is 0.455 e. The third-order valence-corrected chi connectivity index (χ3v) is 5.98. The van der Waals surface area contributed by atoms with Gasteiger partial charge in [-0.05, 0) is 31.5 Å². The Morgan fingerprint density at radius 3 is 2.70 bits per heavy atom. The first-order valence-electron chi connectivity index (χ1n) is 9.08. The number of aryl methyl sites for hydroxylation is 3. The lowest BCUT2D eigenvalue weighted by Crippen LogP contribution is -2.16. The highest BCUT2D eigenvalue weighted by Gasteiger charge is 2.22. The molecule has 9 heteroatoms. The van der Waals surface area contributed by atoms with Crippen LogP contribution in [0.3, 0.4) is 0 Å². The maximum Gasteiger partial charge on any atom is 0.349 e. The highest BCUT2D eigenvalue weighted by molar-refractivity contribution is 7.20. The van der Waals surface area contributed by atoms with Crippen LogP contribution in [0.4, 0.5) is 0 Å². The van der Waals surface area contributed by atoms with E-state index in [-0.39, 0.29) is 12.2 Å². The molecule has 3 aromatic heterocycles. The molecule has 0 N–H and O–H groups in total. The van der Waals surface area contributed by atoms with Crippen LogP contribution >= 0.6 is 11.3 Å². The van der Waals surface area contributed by atoms with Crippen molar-refractivity contribution in [2.24, 2.45) is 7.05 Å². The minimum atomic E-state index is -0.570. The number of rotatable bonds is 4. The molecule has 4 rings (SSSR count). The fraction of sp³-hybridized carbons (Fsp3) is 0.190. The molecule has 0 fully saturated rings. The third kappa shape index (κ3) is 3.17. The van der Waals surface area contributed by atoms with Crippen LogP contribution in [0.25, 0.3) is 15.9 Å². The van der Waals surface area contributed by atoms with E-state index >= 15 is 0 Å². The lowest BCUT2D eigenvalue weighted by Gasteiger charge is -2.09. The Kier molecular flexibility index (Phi) is 4.93. The first kappa shape index (κ1) is 19.5. The summed E-state index contributed by atoms with van der Waals surface area (Å²) in [6.45, 7) is 3.31. The van der Waals surface area contributed by atoms with E-state index in [2.05, 4.69) is 16.2 Å². The number of esters is 1. The summed E-state index contributed by atoms with van der Waals surface area (Å²) in [5.41, 5.74) is 2.51. The van der Waals surface area contributed by atoms with Crippen molar-refractivity contribution in [1.82, 2.24) is 19.3 Å². The molecular formula is C21H17N5O3S. The molecule has 0 aliphatic heterocycles. The van der Waals surface area contributed by atoms with Gasteiger partial charge in [0.25, 0.3) is 5.56 Å². The van der Waals surface area contributed by atoms with Crippen molar-refractivity contribution >= 4 is 27.5 Å². The molecule has 0 saturated carbocycles. The topological polar surface area (TPSA) is 103 Å². The van der Waals surface area contributed by atoms with Crippen molar-refractivity contribution in [3.05, 3.63) is 74.4 Å². The van der Waals surface area contributed by atoms with E-state index in [1.807, 2.05) is 30.3 Å². The second kappa shape index (κ2) is 7.57. The predicted octanol–water partition coefficient (Wildman–Crippen LogP) is 3.03. The number of carbonyl (C=O) groups excluding carboxylic acids is 1. The Balaban J connectivity index is 1.68. The van der Waals surface area contributed by atoms with E-state index in [1.54, 1.807) is 25.6 Å². The number of aromatic nitrogens is 4. The number of carbonyl (C=O) groups is 1. The van der Waals surface area contributed by atoms with Crippen LogP contribution in [0.1, 0.15) is 32.2 Å². The number of para-hydroxylation sites is 1. The smallest absolute Gasteiger partial charge is 0.349 e. The van der Waals surface area contributed by atoms with Crippen molar-refractivity contribution in [1.29, 1.82) is 5.26 Å². The zero-order valence-corrected chi connectivity index (χ0v) is 17.4. The second-order valence-corrected chi connectivity index (χ2v) is 7.74. The van der Waals surface area contributed by atoms with E-state index in [0.29, 0.717) is 37.6 Å².